The van der Waals surface area contributed by atoms with E-state index < -0.39 is 6.85 Å². The lowest BCUT2D eigenvalue weighted by Crippen LogP contribution is -2.11. The van der Waals surface area contributed by atoms with E-state index in [0.29, 0.717) is 33.7 Å². The maximum Gasteiger partial charge on any atom is 0.149 e. The number of aromatic nitrogens is 3. The molecule has 0 saturated carbocycles. The number of rotatable bonds is 8. The Kier molecular flexibility index (Phi) is 10.6. The van der Waals surface area contributed by atoms with E-state index in [9.17, 15) is 5.11 Å². The highest BCUT2D eigenvalue weighted by Gasteiger charge is 2.26. The molecule has 0 atom stereocenters. The van der Waals surface area contributed by atoms with Gasteiger partial charge >= 0.3 is 0 Å². The van der Waals surface area contributed by atoms with Crippen molar-refractivity contribution in [3.63, 3.8) is 0 Å². The van der Waals surface area contributed by atoms with Crippen LogP contribution in [0.1, 0.15) is 73.5 Å². The number of benzene rings is 8. The van der Waals surface area contributed by atoms with Crippen molar-refractivity contribution in [1.29, 1.82) is 0 Å². The van der Waals surface area contributed by atoms with Crippen molar-refractivity contribution >= 4 is 11.0 Å². The Morgan fingerprint density at radius 3 is 1.74 bits per heavy atom. The third-order valence-electron chi connectivity index (χ3n) is 13.4. The highest BCUT2D eigenvalue weighted by molar-refractivity contribution is 5.98. The molecule has 0 aliphatic carbocycles. The number of aryl methyl sites for hydroxylation is 3. The molecular weight excluding hydrogens is 839 g/mol. The molecule has 0 aliphatic rings. The van der Waals surface area contributed by atoms with Gasteiger partial charge in [0.15, 0.2) is 0 Å². The van der Waals surface area contributed by atoms with Crippen LogP contribution in [-0.2, 0) is 10.8 Å². The summed E-state index contributed by atoms with van der Waals surface area (Å²) < 4.78 is 29.1. The van der Waals surface area contributed by atoms with Gasteiger partial charge in [-0.2, -0.15) is 0 Å². The fourth-order valence-corrected chi connectivity index (χ4v) is 9.52. The van der Waals surface area contributed by atoms with Gasteiger partial charge in [0, 0.05) is 27.0 Å². The number of para-hydroxylation sites is 1. The zero-order valence-electron chi connectivity index (χ0n) is 43.7. The van der Waals surface area contributed by atoms with Crippen LogP contribution >= 0.6 is 0 Å². The molecule has 4 nitrogen and oxygen atoms in total. The third kappa shape index (κ3) is 8.80. The Labute approximate surface area is 411 Å². The summed E-state index contributed by atoms with van der Waals surface area (Å²) in [6.45, 7) is 14.7. The minimum atomic E-state index is -2.47. The second kappa shape index (κ2) is 17.7. The topological polar surface area (TPSA) is 50.9 Å². The summed E-state index contributed by atoms with van der Waals surface area (Å²) in [6.07, 6.45) is 1.88. The van der Waals surface area contributed by atoms with Crippen molar-refractivity contribution in [2.24, 2.45) is 0 Å². The lowest BCUT2D eigenvalue weighted by molar-refractivity contribution is 0.472. The Balaban J connectivity index is 1.22. The van der Waals surface area contributed by atoms with Crippen LogP contribution in [0.2, 0.25) is 0 Å². The molecule has 340 valence electrons. The first-order valence-corrected chi connectivity index (χ1v) is 23.8. The quantitative estimate of drug-likeness (QED) is 0.165. The lowest BCUT2D eigenvalue weighted by Gasteiger charge is -2.22. The van der Waals surface area contributed by atoms with Crippen molar-refractivity contribution in [2.75, 3.05) is 0 Å². The van der Waals surface area contributed by atoms with Crippen LogP contribution in [0.15, 0.2) is 188 Å². The SMILES string of the molecule is [2H]C([2H])([2H])c1cc(-n2c(-c3cc(C)cc(C)c3O)nc3c(-c4cc(-c5cc(-c6ccc(-c7ccccc7)cc6)ccn5)cc(C(C)(C)C)c4)cccc32)c(-c2ccc(C(C)(C)C)cc2)cc1-c1ccccc1. The number of imidazole rings is 1. The van der Waals surface area contributed by atoms with E-state index in [1.807, 2.05) is 92.8 Å². The molecule has 0 bridgehead atoms. The number of aromatic hydroxyl groups is 1. The molecule has 2 heterocycles. The first kappa shape index (κ1) is 41.4. The monoisotopic (exact) mass is 900 g/mol. The highest BCUT2D eigenvalue weighted by atomic mass is 16.3. The van der Waals surface area contributed by atoms with Crippen molar-refractivity contribution in [1.82, 2.24) is 14.5 Å². The van der Waals surface area contributed by atoms with Gasteiger partial charge in [0.1, 0.15) is 11.6 Å². The van der Waals surface area contributed by atoms with Crippen LogP contribution in [-0.4, -0.2) is 19.6 Å². The molecule has 69 heavy (non-hydrogen) atoms. The Morgan fingerprint density at radius 2 is 1.07 bits per heavy atom. The molecule has 0 spiro atoms. The normalized spacial score (nSPS) is 12.7. The van der Waals surface area contributed by atoms with Gasteiger partial charge in [-0.1, -0.05) is 175 Å². The van der Waals surface area contributed by atoms with Crippen LogP contribution in [0, 0.1) is 20.7 Å². The van der Waals surface area contributed by atoms with E-state index in [2.05, 4.69) is 155 Å². The number of hydrogen-bond acceptors (Lipinski definition) is 3. The summed E-state index contributed by atoms with van der Waals surface area (Å²) >= 11 is 0. The number of nitrogens with zero attached hydrogens (tertiary/aromatic N) is 3. The first-order chi connectivity index (χ1) is 34.3. The lowest BCUT2D eigenvalue weighted by atomic mass is 9.83. The van der Waals surface area contributed by atoms with Crippen molar-refractivity contribution in [3.8, 4) is 89.7 Å². The second-order valence-corrected chi connectivity index (χ2v) is 20.5. The second-order valence-electron chi connectivity index (χ2n) is 20.5. The van der Waals surface area contributed by atoms with Gasteiger partial charge in [0.25, 0.3) is 0 Å². The highest BCUT2D eigenvalue weighted by Crippen LogP contribution is 2.44. The number of fused-ring (bicyclic) bond motifs is 1. The molecule has 0 radical (unpaired) electrons. The van der Waals surface area contributed by atoms with Crippen LogP contribution in [0.4, 0.5) is 0 Å². The summed E-state index contributed by atoms with van der Waals surface area (Å²) in [5, 5.41) is 12.0. The van der Waals surface area contributed by atoms with E-state index in [4.69, 9.17) is 14.1 Å². The van der Waals surface area contributed by atoms with Crippen molar-refractivity contribution in [2.45, 2.75) is 73.1 Å². The van der Waals surface area contributed by atoms with Crippen LogP contribution in [0.25, 0.3) is 95.0 Å². The summed E-state index contributed by atoms with van der Waals surface area (Å²) in [5.74, 6) is 0.613. The largest absolute Gasteiger partial charge is 0.507 e. The van der Waals surface area contributed by atoms with Crippen molar-refractivity contribution < 1.29 is 9.22 Å². The summed E-state index contributed by atoms with van der Waals surface area (Å²) in [6, 6.07) is 62.3. The molecule has 10 rings (SSSR count). The average molecular weight is 901 g/mol. The molecule has 0 unspecified atom stereocenters. The van der Waals surface area contributed by atoms with Gasteiger partial charge in [0.2, 0.25) is 0 Å². The van der Waals surface area contributed by atoms with E-state index in [0.717, 1.165) is 72.4 Å². The minimum Gasteiger partial charge on any atom is -0.507 e. The zero-order valence-corrected chi connectivity index (χ0v) is 40.7. The number of pyridine rings is 1. The predicted octanol–water partition coefficient (Wildman–Crippen LogP) is 17.3. The smallest absolute Gasteiger partial charge is 0.149 e. The maximum atomic E-state index is 12.0. The number of phenols is 1. The van der Waals surface area contributed by atoms with E-state index in [1.54, 1.807) is 0 Å². The van der Waals surface area contributed by atoms with Crippen molar-refractivity contribution in [3.05, 3.63) is 216 Å². The number of hydrogen-bond donors (Lipinski definition) is 1. The molecule has 0 fully saturated rings. The van der Waals surface area contributed by atoms with Gasteiger partial charge in [-0.25, -0.2) is 4.98 Å². The van der Waals surface area contributed by atoms with Gasteiger partial charge in [-0.05, 0) is 152 Å². The van der Waals surface area contributed by atoms with Crippen LogP contribution < -0.4 is 0 Å². The molecule has 2 aromatic heterocycles. The fraction of sp³-hybridized carbons (Fsp3) is 0.169. The van der Waals surface area contributed by atoms with Crippen LogP contribution in [0.3, 0.4) is 0 Å². The molecule has 1 N–H and O–H groups in total. The fourth-order valence-electron chi connectivity index (χ4n) is 9.52. The van der Waals surface area contributed by atoms with E-state index in [-0.39, 0.29) is 22.1 Å². The summed E-state index contributed by atoms with van der Waals surface area (Å²) in [4.78, 5) is 10.5. The average Bonchev–Trinajstić information content (AvgIpc) is 3.76. The summed E-state index contributed by atoms with van der Waals surface area (Å²) in [5.41, 5.74) is 18.0. The molecule has 4 heteroatoms. The summed E-state index contributed by atoms with van der Waals surface area (Å²) in [7, 11) is 0. The zero-order chi connectivity index (χ0) is 50.7. The van der Waals surface area contributed by atoms with E-state index in [1.165, 1.54) is 11.1 Å². The third-order valence-corrected chi connectivity index (χ3v) is 13.4. The molecular formula is C65H59N3O. The molecule has 0 aliphatic heterocycles. The molecule has 10 aromatic rings. The van der Waals surface area contributed by atoms with Gasteiger partial charge in [-0.15, -0.1) is 0 Å². The predicted molar refractivity (Wildman–Crippen MR) is 290 cm³/mol. The Bertz CT molecular complexity index is 3630. The number of phenolic OH excluding ortho intramolecular Hbond substituents is 1. The Morgan fingerprint density at radius 1 is 0.464 bits per heavy atom. The Hall–Kier alpha value is -7.82. The van der Waals surface area contributed by atoms with Gasteiger partial charge in [-0.3, -0.25) is 9.55 Å². The standard InChI is InChI=1S/C65H59N3O/c1-41-33-43(3)62(69)57(34-41)63-67-61-54(50-36-51(38-53(37-50)65(7,8)9)58-39-49(31-32-66-58)46-25-23-45(24-26-46)44-17-12-10-13-18-44)21-16-22-59(61)68(63)60-35-42(2)55(47-19-14-11-15-20-47)40-56(60)48-27-29-52(30-28-48)64(4,5)6/h10-40,69H,1-9H3/i2D3. The van der Waals surface area contributed by atoms with Gasteiger partial charge < -0.3 is 5.11 Å². The molecule has 0 amide bonds. The minimum absolute atomic E-state index is 0.0789. The molecule has 0 saturated heterocycles. The molecule has 8 aromatic carbocycles. The van der Waals surface area contributed by atoms with Gasteiger partial charge in [0.05, 0.1) is 28.0 Å². The van der Waals surface area contributed by atoms with Crippen LogP contribution in [0.5, 0.6) is 5.75 Å². The van der Waals surface area contributed by atoms with E-state index >= 15 is 0 Å². The maximum absolute atomic E-state index is 12.0. The first-order valence-electron chi connectivity index (χ1n) is 25.3.